The van der Waals surface area contributed by atoms with Crippen molar-refractivity contribution in [2.24, 2.45) is 0 Å². The summed E-state index contributed by atoms with van der Waals surface area (Å²) >= 11 is 5.89. The monoisotopic (exact) mass is 408 g/mol. The normalized spacial score (nSPS) is 10.9. The number of benzene rings is 1. The predicted octanol–water partition coefficient (Wildman–Crippen LogP) is 8.12. The van der Waals surface area contributed by atoms with Crippen LogP contribution in [0.5, 0.6) is 0 Å². The molecule has 0 fully saturated rings. The van der Waals surface area contributed by atoms with Crippen molar-refractivity contribution in [2.75, 3.05) is 11.1 Å². The topological polar surface area (TPSA) is 55.1 Å². The second-order valence-electron chi connectivity index (χ2n) is 7.98. The zero-order valence-corrected chi connectivity index (χ0v) is 18.7. The molecule has 0 aliphatic carbocycles. The highest BCUT2D eigenvalue weighted by Gasteiger charge is 2.04. The van der Waals surface area contributed by atoms with E-state index in [1.807, 2.05) is 0 Å². The molecule has 0 aromatic heterocycles. The first kappa shape index (κ1) is 24.8. The summed E-state index contributed by atoms with van der Waals surface area (Å²) in [6.45, 7) is 2.27. The molecule has 0 saturated heterocycles. The van der Waals surface area contributed by atoms with Gasteiger partial charge in [-0.25, -0.2) is 0 Å². The first-order valence-corrected chi connectivity index (χ1v) is 11.9. The Labute approximate surface area is 177 Å². The minimum atomic E-state index is 0.0522. The first-order chi connectivity index (χ1) is 13.6. The minimum Gasteiger partial charge on any atom is -0.397 e. The molecule has 3 nitrogen and oxygen atoms in total. The lowest BCUT2D eigenvalue weighted by atomic mass is 10.0. The molecular weight excluding hydrogens is 368 g/mol. The Morgan fingerprint density at radius 3 is 1.75 bits per heavy atom. The molecule has 1 aromatic carbocycles. The van der Waals surface area contributed by atoms with E-state index in [2.05, 4.69) is 12.2 Å². The number of unbranched alkanes of at least 4 members (excludes halogenated alkanes) is 14. The number of rotatable bonds is 17. The summed E-state index contributed by atoms with van der Waals surface area (Å²) in [6, 6.07) is 5.19. The van der Waals surface area contributed by atoms with Gasteiger partial charge in [0, 0.05) is 12.1 Å². The molecule has 28 heavy (non-hydrogen) atoms. The lowest BCUT2D eigenvalue weighted by molar-refractivity contribution is -0.116. The molecule has 3 N–H and O–H groups in total. The first-order valence-electron chi connectivity index (χ1n) is 11.5. The summed E-state index contributed by atoms with van der Waals surface area (Å²) in [6.07, 6.45) is 20.6. The maximum Gasteiger partial charge on any atom is 0.224 e. The standard InChI is InChI=1S/C24H41ClN2O/c1-2-3-4-5-6-7-8-9-10-11-12-13-14-15-16-17-24(28)27-21-18-19-22(25)23(26)20-21/h18-20H,2-17,26H2,1H3,(H,27,28). The maximum atomic E-state index is 12.0. The van der Waals surface area contributed by atoms with Crippen molar-refractivity contribution in [2.45, 2.75) is 110 Å². The van der Waals surface area contributed by atoms with E-state index < -0.39 is 0 Å². The number of hydrogen-bond acceptors (Lipinski definition) is 2. The molecule has 0 saturated carbocycles. The van der Waals surface area contributed by atoms with Crippen molar-refractivity contribution in [3.8, 4) is 0 Å². The van der Waals surface area contributed by atoms with Crippen molar-refractivity contribution in [3.05, 3.63) is 23.2 Å². The van der Waals surface area contributed by atoms with Crippen molar-refractivity contribution < 1.29 is 4.79 Å². The Balaban J connectivity index is 1.86. The average Bonchev–Trinajstić information content (AvgIpc) is 2.68. The third kappa shape index (κ3) is 13.0. The van der Waals surface area contributed by atoms with Crippen LogP contribution in [-0.4, -0.2) is 5.91 Å². The van der Waals surface area contributed by atoms with E-state index in [9.17, 15) is 4.79 Å². The third-order valence-corrected chi connectivity index (χ3v) is 5.63. The molecule has 0 radical (unpaired) electrons. The quantitative estimate of drug-likeness (QED) is 0.202. The van der Waals surface area contributed by atoms with Crippen LogP contribution in [0.2, 0.25) is 5.02 Å². The molecule has 1 aromatic rings. The zero-order chi connectivity index (χ0) is 20.5. The molecule has 0 unspecified atom stereocenters. The molecule has 0 bridgehead atoms. The van der Waals surface area contributed by atoms with Gasteiger partial charge in [0.25, 0.3) is 0 Å². The number of nitrogens with two attached hydrogens (primary N) is 1. The Morgan fingerprint density at radius 2 is 1.29 bits per heavy atom. The van der Waals surface area contributed by atoms with E-state index in [1.165, 1.54) is 83.5 Å². The molecule has 0 aliphatic heterocycles. The zero-order valence-electron chi connectivity index (χ0n) is 17.9. The summed E-state index contributed by atoms with van der Waals surface area (Å²) in [7, 11) is 0. The van der Waals surface area contributed by atoms with E-state index in [1.54, 1.807) is 18.2 Å². The van der Waals surface area contributed by atoms with Gasteiger partial charge in [-0.05, 0) is 24.6 Å². The molecule has 0 spiro atoms. The van der Waals surface area contributed by atoms with Crippen LogP contribution in [0.15, 0.2) is 18.2 Å². The number of nitrogens with one attached hydrogen (secondary N) is 1. The highest BCUT2D eigenvalue weighted by molar-refractivity contribution is 6.33. The van der Waals surface area contributed by atoms with Crippen LogP contribution >= 0.6 is 11.6 Å². The highest BCUT2D eigenvalue weighted by Crippen LogP contribution is 2.22. The van der Waals surface area contributed by atoms with Gasteiger partial charge < -0.3 is 11.1 Å². The molecule has 160 valence electrons. The summed E-state index contributed by atoms with van der Waals surface area (Å²) in [5.41, 5.74) is 6.96. The third-order valence-electron chi connectivity index (χ3n) is 5.29. The number of anilines is 2. The molecule has 1 rings (SSSR count). The average molecular weight is 409 g/mol. The molecule has 1 amide bonds. The van der Waals surface area contributed by atoms with Gasteiger partial charge in [-0.15, -0.1) is 0 Å². The van der Waals surface area contributed by atoms with Crippen LogP contribution < -0.4 is 11.1 Å². The second kappa shape index (κ2) is 16.7. The number of amides is 1. The van der Waals surface area contributed by atoms with Gasteiger partial charge in [0.05, 0.1) is 10.7 Å². The van der Waals surface area contributed by atoms with Crippen LogP contribution in [0.4, 0.5) is 11.4 Å². The molecular formula is C24H41ClN2O. The SMILES string of the molecule is CCCCCCCCCCCCCCCCCC(=O)Nc1ccc(Cl)c(N)c1. The van der Waals surface area contributed by atoms with Gasteiger partial charge in [0.1, 0.15) is 0 Å². The van der Waals surface area contributed by atoms with Crippen LogP contribution in [0.25, 0.3) is 0 Å². The molecule has 4 heteroatoms. The van der Waals surface area contributed by atoms with Gasteiger partial charge in [-0.3, -0.25) is 4.79 Å². The summed E-state index contributed by atoms with van der Waals surface area (Å²) in [5, 5.41) is 3.40. The molecule has 0 aliphatic rings. The fraction of sp³-hybridized carbons (Fsp3) is 0.708. The Morgan fingerprint density at radius 1 is 0.821 bits per heavy atom. The Bertz CT molecular complexity index is 533. The summed E-state index contributed by atoms with van der Waals surface area (Å²) < 4.78 is 0. The lowest BCUT2D eigenvalue weighted by Crippen LogP contribution is -2.11. The fourth-order valence-electron chi connectivity index (χ4n) is 3.50. The number of halogens is 1. The minimum absolute atomic E-state index is 0.0522. The summed E-state index contributed by atoms with van der Waals surface area (Å²) in [5.74, 6) is 0.0522. The predicted molar refractivity (Wildman–Crippen MR) is 124 cm³/mol. The molecule has 0 atom stereocenters. The van der Waals surface area contributed by atoms with Gasteiger partial charge >= 0.3 is 0 Å². The van der Waals surface area contributed by atoms with E-state index in [-0.39, 0.29) is 5.91 Å². The van der Waals surface area contributed by atoms with Crippen LogP contribution in [0.1, 0.15) is 110 Å². The largest absolute Gasteiger partial charge is 0.397 e. The lowest BCUT2D eigenvalue weighted by Gasteiger charge is -2.07. The van der Waals surface area contributed by atoms with Gasteiger partial charge in [-0.1, -0.05) is 108 Å². The van der Waals surface area contributed by atoms with Crippen molar-refractivity contribution in [3.63, 3.8) is 0 Å². The maximum absolute atomic E-state index is 12.0. The van der Waals surface area contributed by atoms with Crippen LogP contribution in [0, 0.1) is 0 Å². The molecule has 0 heterocycles. The van der Waals surface area contributed by atoms with Gasteiger partial charge in [0.15, 0.2) is 0 Å². The number of carbonyl (C=O) groups excluding carboxylic acids is 1. The second-order valence-corrected chi connectivity index (χ2v) is 8.39. The van der Waals surface area contributed by atoms with E-state index >= 15 is 0 Å². The van der Waals surface area contributed by atoms with Gasteiger partial charge in [0.2, 0.25) is 5.91 Å². The fourth-order valence-corrected chi connectivity index (χ4v) is 3.62. The van der Waals surface area contributed by atoms with Crippen LogP contribution in [0.3, 0.4) is 0 Å². The van der Waals surface area contributed by atoms with E-state index in [0.717, 1.165) is 12.8 Å². The van der Waals surface area contributed by atoms with Crippen LogP contribution in [-0.2, 0) is 4.79 Å². The number of hydrogen-bond donors (Lipinski definition) is 2. The summed E-state index contributed by atoms with van der Waals surface area (Å²) in [4.78, 5) is 12.0. The van der Waals surface area contributed by atoms with Crippen molar-refractivity contribution in [1.29, 1.82) is 0 Å². The highest BCUT2D eigenvalue weighted by atomic mass is 35.5. The van der Waals surface area contributed by atoms with Crippen molar-refractivity contribution >= 4 is 28.9 Å². The Hall–Kier alpha value is -1.22. The van der Waals surface area contributed by atoms with Crippen molar-refractivity contribution in [1.82, 2.24) is 0 Å². The smallest absolute Gasteiger partial charge is 0.224 e. The van der Waals surface area contributed by atoms with Gasteiger partial charge in [-0.2, -0.15) is 0 Å². The Kier molecular flexibility index (Phi) is 14.8. The van der Waals surface area contributed by atoms with E-state index in [0.29, 0.717) is 22.8 Å². The number of nitrogen functional groups attached to an aromatic ring is 1. The van der Waals surface area contributed by atoms with E-state index in [4.69, 9.17) is 17.3 Å². The number of carbonyl (C=O) groups is 1.